The van der Waals surface area contributed by atoms with Crippen LogP contribution in [0.2, 0.25) is 0 Å². The average molecular weight is 438 g/mol. The van der Waals surface area contributed by atoms with E-state index in [0.717, 1.165) is 12.1 Å². The molecule has 4 rings (SSSR count). The summed E-state index contributed by atoms with van der Waals surface area (Å²) < 4.78 is 35.0. The molecule has 1 amide bonds. The lowest BCUT2D eigenvalue weighted by Crippen LogP contribution is -2.25. The number of carbonyl (C=O) groups is 1. The first-order valence-electron chi connectivity index (χ1n) is 9.67. The number of rotatable bonds is 6. The minimum atomic E-state index is -0.700. The molecule has 32 heavy (non-hydrogen) atoms. The average Bonchev–Trinajstić information content (AvgIpc) is 3.07. The summed E-state index contributed by atoms with van der Waals surface area (Å²) in [5.41, 5.74) is 13.0. The number of imidazole rings is 1. The second-order valence-electron chi connectivity index (χ2n) is 7.11. The maximum absolute atomic E-state index is 13.9. The van der Waals surface area contributed by atoms with Crippen LogP contribution in [0.3, 0.4) is 0 Å². The van der Waals surface area contributed by atoms with E-state index in [9.17, 15) is 13.6 Å². The van der Waals surface area contributed by atoms with Gasteiger partial charge in [0.15, 0.2) is 11.4 Å². The maximum Gasteiger partial charge on any atom is 0.270 e. The van der Waals surface area contributed by atoms with Gasteiger partial charge >= 0.3 is 0 Å². The van der Waals surface area contributed by atoms with Gasteiger partial charge in [-0.05, 0) is 48.9 Å². The summed E-state index contributed by atoms with van der Waals surface area (Å²) in [6.07, 6.45) is 1.66. The number of hydrogen-bond acceptors (Lipinski definition) is 6. The third-order valence-corrected chi connectivity index (χ3v) is 4.82. The summed E-state index contributed by atoms with van der Waals surface area (Å²) in [7, 11) is 0. The maximum atomic E-state index is 13.9. The molecule has 0 spiro atoms. The number of amides is 1. The minimum Gasteiger partial charge on any atom is -0.485 e. The second-order valence-corrected chi connectivity index (χ2v) is 7.11. The molecule has 4 aromatic rings. The van der Waals surface area contributed by atoms with Crippen molar-refractivity contribution < 1.29 is 18.3 Å². The van der Waals surface area contributed by atoms with Gasteiger partial charge in [-0.1, -0.05) is 6.07 Å². The largest absolute Gasteiger partial charge is 0.485 e. The zero-order valence-electron chi connectivity index (χ0n) is 17.1. The van der Waals surface area contributed by atoms with E-state index < -0.39 is 11.6 Å². The van der Waals surface area contributed by atoms with Gasteiger partial charge in [0.05, 0.1) is 11.3 Å². The molecule has 3 heterocycles. The molecule has 0 aliphatic rings. The first-order chi connectivity index (χ1) is 15.3. The van der Waals surface area contributed by atoms with Gasteiger partial charge in [0, 0.05) is 12.7 Å². The van der Waals surface area contributed by atoms with E-state index in [1.165, 1.54) is 6.07 Å². The van der Waals surface area contributed by atoms with E-state index in [-0.39, 0.29) is 42.0 Å². The summed E-state index contributed by atoms with van der Waals surface area (Å²) >= 11 is 0. The third kappa shape index (κ3) is 4.15. The van der Waals surface area contributed by atoms with Crippen molar-refractivity contribution in [2.75, 3.05) is 11.5 Å². The van der Waals surface area contributed by atoms with Crippen LogP contribution in [0.25, 0.3) is 5.65 Å². The SMILES string of the molecule is Cc1nc2c(OCc3c(F)cccc3F)cccn2c1C(=O)NCc1cc(N)nc(N)c1. The molecule has 0 aliphatic heterocycles. The zero-order chi connectivity index (χ0) is 22.8. The molecule has 8 nitrogen and oxygen atoms in total. The van der Waals surface area contributed by atoms with Gasteiger partial charge in [-0.2, -0.15) is 0 Å². The fourth-order valence-electron chi connectivity index (χ4n) is 3.37. The van der Waals surface area contributed by atoms with Crippen LogP contribution in [-0.4, -0.2) is 20.3 Å². The lowest BCUT2D eigenvalue weighted by Gasteiger charge is -2.10. The predicted octanol–water partition coefficient (Wildman–Crippen LogP) is 2.99. The number of nitrogen functional groups attached to an aromatic ring is 2. The normalized spacial score (nSPS) is 11.0. The number of nitrogens with one attached hydrogen (secondary N) is 1. The van der Waals surface area contributed by atoms with Crippen molar-refractivity contribution in [1.82, 2.24) is 19.7 Å². The van der Waals surface area contributed by atoms with Gasteiger partial charge in [-0.3, -0.25) is 9.20 Å². The Hall–Kier alpha value is -4.21. The number of aromatic nitrogens is 3. The summed E-state index contributed by atoms with van der Waals surface area (Å²) in [5, 5.41) is 2.80. The van der Waals surface area contributed by atoms with E-state index >= 15 is 0 Å². The number of fused-ring (bicyclic) bond motifs is 1. The van der Waals surface area contributed by atoms with Crippen LogP contribution in [0.15, 0.2) is 48.7 Å². The Morgan fingerprint density at radius 3 is 2.47 bits per heavy atom. The van der Waals surface area contributed by atoms with E-state index in [1.807, 2.05) is 0 Å². The summed E-state index contributed by atoms with van der Waals surface area (Å²) in [6.45, 7) is 1.55. The number of anilines is 2. The number of benzene rings is 1. The van der Waals surface area contributed by atoms with Crippen LogP contribution in [0.4, 0.5) is 20.4 Å². The number of aryl methyl sites for hydroxylation is 1. The van der Waals surface area contributed by atoms with Crippen molar-refractivity contribution >= 4 is 23.2 Å². The molecule has 0 unspecified atom stereocenters. The van der Waals surface area contributed by atoms with Gasteiger partial charge in [-0.15, -0.1) is 0 Å². The first kappa shape index (κ1) is 21.0. The zero-order valence-corrected chi connectivity index (χ0v) is 17.1. The molecule has 10 heteroatoms. The van der Waals surface area contributed by atoms with Crippen molar-refractivity contribution in [1.29, 1.82) is 0 Å². The topological polar surface area (TPSA) is 121 Å². The Morgan fingerprint density at radius 1 is 1.09 bits per heavy atom. The Labute approximate surface area is 181 Å². The van der Waals surface area contributed by atoms with Crippen molar-refractivity contribution in [3.05, 3.63) is 82.8 Å². The van der Waals surface area contributed by atoms with Gasteiger partial charge in [-0.25, -0.2) is 18.7 Å². The highest BCUT2D eigenvalue weighted by atomic mass is 19.1. The van der Waals surface area contributed by atoms with Crippen molar-refractivity contribution in [3.63, 3.8) is 0 Å². The fraction of sp³-hybridized carbons (Fsp3) is 0.136. The number of nitrogens with zero attached hydrogens (tertiary/aromatic N) is 3. The third-order valence-electron chi connectivity index (χ3n) is 4.82. The summed E-state index contributed by atoms with van der Waals surface area (Å²) in [6, 6.07) is 10.1. The van der Waals surface area contributed by atoms with Crippen LogP contribution in [0, 0.1) is 18.6 Å². The Morgan fingerprint density at radius 2 is 1.78 bits per heavy atom. The van der Waals surface area contributed by atoms with Crippen LogP contribution >= 0.6 is 0 Å². The highest BCUT2D eigenvalue weighted by Crippen LogP contribution is 2.24. The lowest BCUT2D eigenvalue weighted by atomic mass is 10.2. The predicted molar refractivity (Wildman–Crippen MR) is 115 cm³/mol. The van der Waals surface area contributed by atoms with Crippen LogP contribution < -0.4 is 21.5 Å². The molecule has 5 N–H and O–H groups in total. The van der Waals surface area contributed by atoms with E-state index in [2.05, 4.69) is 15.3 Å². The van der Waals surface area contributed by atoms with E-state index in [1.54, 1.807) is 41.8 Å². The molecule has 0 bridgehead atoms. The molecule has 0 fully saturated rings. The smallest absolute Gasteiger partial charge is 0.270 e. The highest BCUT2D eigenvalue weighted by Gasteiger charge is 2.19. The molecule has 3 aromatic heterocycles. The molecule has 0 atom stereocenters. The molecule has 1 aromatic carbocycles. The quantitative estimate of drug-likeness (QED) is 0.426. The van der Waals surface area contributed by atoms with E-state index in [0.29, 0.717) is 22.6 Å². The Bertz CT molecular complexity index is 1280. The molecule has 0 radical (unpaired) electrons. The van der Waals surface area contributed by atoms with Crippen LogP contribution in [0.1, 0.15) is 27.3 Å². The second kappa shape index (κ2) is 8.50. The number of pyridine rings is 2. The number of ether oxygens (including phenoxy) is 1. The molecule has 0 aliphatic carbocycles. The lowest BCUT2D eigenvalue weighted by molar-refractivity contribution is 0.0944. The standard InChI is InChI=1S/C22H20F2N6O2/c1-12-20(22(31)27-10-13-8-18(25)29-19(26)9-13)30-7-3-6-17(21(30)28-12)32-11-14-15(23)4-2-5-16(14)24/h2-9H,10-11H2,1H3,(H,27,31)(H4,25,26,29). The molecular formula is C22H20F2N6O2. The van der Waals surface area contributed by atoms with Crippen LogP contribution in [0.5, 0.6) is 5.75 Å². The summed E-state index contributed by atoms with van der Waals surface area (Å²) in [5.74, 6) is -0.974. The fourth-order valence-corrected chi connectivity index (χ4v) is 3.37. The molecular weight excluding hydrogens is 418 g/mol. The van der Waals surface area contributed by atoms with Crippen LogP contribution in [-0.2, 0) is 13.2 Å². The monoisotopic (exact) mass is 438 g/mol. The minimum absolute atomic E-state index is 0.186. The van der Waals surface area contributed by atoms with Crippen molar-refractivity contribution in [2.45, 2.75) is 20.1 Å². The van der Waals surface area contributed by atoms with E-state index in [4.69, 9.17) is 16.2 Å². The van der Waals surface area contributed by atoms with Gasteiger partial charge in [0.25, 0.3) is 5.91 Å². The van der Waals surface area contributed by atoms with Gasteiger partial charge < -0.3 is 21.5 Å². The van der Waals surface area contributed by atoms with Crippen molar-refractivity contribution in [2.24, 2.45) is 0 Å². The molecule has 0 saturated heterocycles. The molecule has 0 saturated carbocycles. The number of hydrogen-bond donors (Lipinski definition) is 3. The number of halogens is 2. The highest BCUT2D eigenvalue weighted by molar-refractivity contribution is 5.95. The molecule has 164 valence electrons. The van der Waals surface area contributed by atoms with Gasteiger partial charge in [0.1, 0.15) is 35.6 Å². The Kier molecular flexibility index (Phi) is 5.59. The van der Waals surface area contributed by atoms with Gasteiger partial charge in [0.2, 0.25) is 0 Å². The summed E-state index contributed by atoms with van der Waals surface area (Å²) in [4.78, 5) is 21.2. The number of nitrogens with two attached hydrogens (primary N) is 2. The first-order valence-corrected chi connectivity index (χ1v) is 9.67. The Balaban J connectivity index is 1.57. The van der Waals surface area contributed by atoms with Crippen molar-refractivity contribution in [3.8, 4) is 5.75 Å². The number of carbonyl (C=O) groups excluding carboxylic acids is 1.